The van der Waals surface area contributed by atoms with E-state index in [0.29, 0.717) is 12.3 Å². The predicted molar refractivity (Wildman–Crippen MR) is 68.3 cm³/mol. The first-order valence-corrected chi connectivity index (χ1v) is 8.86. The van der Waals surface area contributed by atoms with E-state index in [4.69, 9.17) is 39.5 Å². The van der Waals surface area contributed by atoms with Crippen molar-refractivity contribution in [1.29, 1.82) is 0 Å². The molecule has 0 amide bonds. The van der Waals surface area contributed by atoms with Gasteiger partial charge in [-0.15, -0.1) is 0 Å². The van der Waals surface area contributed by atoms with Gasteiger partial charge in [-0.05, 0) is 19.8 Å². The van der Waals surface area contributed by atoms with Crippen LogP contribution in [0.5, 0.6) is 0 Å². The third-order valence-corrected chi connectivity index (χ3v) is 9.70. The summed E-state index contributed by atoms with van der Waals surface area (Å²) in [7, 11) is 0. The molecule has 0 heterocycles. The molecule has 14 heavy (non-hydrogen) atoms. The van der Waals surface area contributed by atoms with Gasteiger partial charge in [-0.25, -0.2) is 0 Å². The van der Waals surface area contributed by atoms with Crippen molar-refractivity contribution < 1.29 is 4.52 Å². The third kappa shape index (κ3) is 3.09. The Morgan fingerprint density at radius 3 is 2.36 bits per heavy atom. The van der Waals surface area contributed by atoms with E-state index in [1.807, 2.05) is 6.92 Å². The molecule has 0 aromatic heterocycles. The zero-order chi connectivity index (χ0) is 10.6. The molecule has 1 aliphatic rings. The molecule has 0 radical (unpaired) electrons. The Balaban J connectivity index is 2.70. The lowest BCUT2D eigenvalue weighted by Gasteiger charge is -2.34. The van der Waals surface area contributed by atoms with E-state index in [-0.39, 0.29) is 0 Å². The highest BCUT2D eigenvalue weighted by Gasteiger charge is 2.35. The summed E-state index contributed by atoms with van der Waals surface area (Å²) in [4.78, 5) is 0. The molecule has 1 saturated carbocycles. The number of hydrogen-bond donors (Lipinski definition) is 0. The van der Waals surface area contributed by atoms with Crippen molar-refractivity contribution >= 4 is 41.3 Å². The van der Waals surface area contributed by atoms with Crippen molar-refractivity contribution in [1.82, 2.24) is 0 Å². The van der Waals surface area contributed by atoms with E-state index in [1.54, 1.807) is 0 Å². The van der Waals surface area contributed by atoms with Crippen LogP contribution in [0.15, 0.2) is 0 Å². The van der Waals surface area contributed by atoms with Crippen molar-refractivity contribution in [2.24, 2.45) is 0 Å². The Hall–Kier alpha value is 1.19. The van der Waals surface area contributed by atoms with E-state index in [2.05, 4.69) is 0 Å². The maximum absolute atomic E-state index is 5.98. The largest absolute Gasteiger partial charge is 0.348 e. The standard InChI is InChI=1S/C9H17Cl2OPS/c1-2-12-13(14,9(10)11)8-6-4-3-5-7-8/h8-9H,2-7H2,1H3/t13-/m0/s1. The lowest BCUT2D eigenvalue weighted by atomic mass is 10.0. The van der Waals surface area contributed by atoms with Gasteiger partial charge in [-0.2, -0.15) is 0 Å². The van der Waals surface area contributed by atoms with E-state index in [9.17, 15) is 0 Å². The predicted octanol–water partition coefficient (Wildman–Crippen LogP) is 4.51. The van der Waals surface area contributed by atoms with Gasteiger partial charge in [0.25, 0.3) is 0 Å². The summed E-state index contributed by atoms with van der Waals surface area (Å²) in [5.41, 5.74) is 0.450. The molecule has 0 N–H and O–H groups in total. The Morgan fingerprint density at radius 2 is 1.93 bits per heavy atom. The zero-order valence-electron chi connectivity index (χ0n) is 8.42. The second kappa shape index (κ2) is 6.06. The van der Waals surface area contributed by atoms with Crippen LogP contribution in [0.4, 0.5) is 0 Å². The molecular weight excluding hydrogens is 258 g/mol. The molecule has 5 heteroatoms. The molecule has 1 nitrogen and oxygen atoms in total. The molecule has 0 aliphatic heterocycles. The average molecular weight is 275 g/mol. The maximum atomic E-state index is 5.98. The first-order chi connectivity index (χ1) is 6.61. The van der Waals surface area contributed by atoms with Gasteiger partial charge in [0, 0.05) is 12.3 Å². The SMILES string of the molecule is CCO[P@@](=S)(C(Cl)Cl)C1CCCCC1. The third-order valence-electron chi connectivity index (χ3n) is 2.69. The normalized spacial score (nSPS) is 23.7. The van der Waals surface area contributed by atoms with E-state index < -0.39 is 10.8 Å². The lowest BCUT2D eigenvalue weighted by Crippen LogP contribution is -2.18. The summed E-state index contributed by atoms with van der Waals surface area (Å²) in [6, 6.07) is 0. The van der Waals surface area contributed by atoms with E-state index in [1.165, 1.54) is 19.3 Å². The fourth-order valence-corrected chi connectivity index (χ4v) is 6.34. The molecule has 0 unspecified atom stereocenters. The number of alkyl halides is 2. The second-order valence-corrected chi connectivity index (χ2v) is 9.84. The van der Waals surface area contributed by atoms with Crippen LogP contribution >= 0.6 is 29.5 Å². The van der Waals surface area contributed by atoms with Gasteiger partial charge >= 0.3 is 0 Å². The number of halogens is 2. The summed E-state index contributed by atoms with van der Waals surface area (Å²) in [6.07, 6.45) is 4.10. The zero-order valence-corrected chi connectivity index (χ0v) is 11.6. The highest BCUT2D eigenvalue weighted by molar-refractivity contribution is 8.14. The van der Waals surface area contributed by atoms with Crippen LogP contribution in [0.2, 0.25) is 0 Å². The van der Waals surface area contributed by atoms with Gasteiger partial charge in [0.15, 0.2) is 4.58 Å². The topological polar surface area (TPSA) is 9.23 Å². The summed E-state index contributed by atoms with van der Waals surface area (Å²) < 4.78 is 5.19. The molecular formula is C9H17Cl2OPS. The van der Waals surface area contributed by atoms with Crippen molar-refractivity contribution in [2.45, 2.75) is 49.3 Å². The molecule has 1 atom stereocenters. The van der Waals surface area contributed by atoms with Crippen LogP contribution in [-0.2, 0) is 16.3 Å². The summed E-state index contributed by atoms with van der Waals surface area (Å²) in [6.45, 7) is 2.59. The highest BCUT2D eigenvalue weighted by Crippen LogP contribution is 2.63. The Bertz CT molecular complexity index is 217. The minimum Gasteiger partial charge on any atom is -0.348 e. The Kier molecular flexibility index (Phi) is 5.73. The van der Waals surface area contributed by atoms with Crippen LogP contribution in [0, 0.1) is 0 Å². The van der Waals surface area contributed by atoms with Gasteiger partial charge in [-0.1, -0.05) is 54.3 Å². The molecule has 1 rings (SSSR count). The molecule has 0 saturated heterocycles. The maximum Gasteiger partial charge on any atom is 0.158 e. The van der Waals surface area contributed by atoms with Gasteiger partial charge in [-0.3, -0.25) is 0 Å². The quantitative estimate of drug-likeness (QED) is 0.551. The Morgan fingerprint density at radius 1 is 1.36 bits per heavy atom. The van der Waals surface area contributed by atoms with Crippen molar-refractivity contribution in [3.05, 3.63) is 0 Å². The summed E-state index contributed by atoms with van der Waals surface area (Å²) in [5.74, 6) is 0. The number of rotatable bonds is 4. The van der Waals surface area contributed by atoms with Crippen molar-refractivity contribution in [3.63, 3.8) is 0 Å². The van der Waals surface area contributed by atoms with Crippen LogP contribution in [-0.4, -0.2) is 16.8 Å². The van der Waals surface area contributed by atoms with Gasteiger partial charge in [0.1, 0.15) is 6.26 Å². The molecule has 1 fully saturated rings. The first-order valence-electron chi connectivity index (χ1n) is 5.13. The molecule has 1 aliphatic carbocycles. The lowest BCUT2D eigenvalue weighted by molar-refractivity contribution is 0.360. The van der Waals surface area contributed by atoms with Crippen molar-refractivity contribution in [3.8, 4) is 0 Å². The van der Waals surface area contributed by atoms with Crippen LogP contribution in [0.1, 0.15) is 39.0 Å². The van der Waals surface area contributed by atoms with Crippen LogP contribution < -0.4 is 0 Å². The minimum absolute atomic E-state index is 0.450. The fraction of sp³-hybridized carbons (Fsp3) is 1.00. The minimum atomic E-state index is -2.00. The molecule has 0 spiro atoms. The summed E-state index contributed by atoms with van der Waals surface area (Å²) >= 11 is 17.5. The highest BCUT2D eigenvalue weighted by atomic mass is 35.5. The smallest absolute Gasteiger partial charge is 0.158 e. The van der Waals surface area contributed by atoms with E-state index >= 15 is 0 Å². The molecule has 0 bridgehead atoms. The molecule has 0 aromatic rings. The Labute approximate surface area is 102 Å². The van der Waals surface area contributed by atoms with Crippen molar-refractivity contribution in [2.75, 3.05) is 6.61 Å². The molecule has 0 aromatic carbocycles. The molecule has 84 valence electrons. The number of hydrogen-bond acceptors (Lipinski definition) is 2. The van der Waals surface area contributed by atoms with Crippen LogP contribution in [0.3, 0.4) is 0 Å². The van der Waals surface area contributed by atoms with Gasteiger partial charge in [0.2, 0.25) is 0 Å². The average Bonchev–Trinajstić information content (AvgIpc) is 2.19. The summed E-state index contributed by atoms with van der Waals surface area (Å²) in [5, 5.41) is 0. The van der Waals surface area contributed by atoms with Gasteiger partial charge < -0.3 is 4.52 Å². The van der Waals surface area contributed by atoms with Gasteiger partial charge in [0.05, 0.1) is 0 Å². The first kappa shape index (κ1) is 13.3. The van der Waals surface area contributed by atoms with E-state index in [0.717, 1.165) is 12.8 Å². The monoisotopic (exact) mass is 274 g/mol. The second-order valence-electron chi connectivity index (χ2n) is 3.63. The van der Waals surface area contributed by atoms with Crippen LogP contribution in [0.25, 0.3) is 0 Å². The fourth-order valence-electron chi connectivity index (χ4n) is 1.96.